The second kappa shape index (κ2) is 7.80. The summed E-state index contributed by atoms with van der Waals surface area (Å²) < 4.78 is 37.7. The van der Waals surface area contributed by atoms with Crippen LogP contribution in [-0.2, 0) is 11.0 Å². The number of amides is 1. The minimum Gasteiger partial charge on any atom is -0.378 e. The van der Waals surface area contributed by atoms with Crippen molar-refractivity contribution in [1.82, 2.24) is 5.32 Å². The molecule has 0 fully saturated rings. The number of halogens is 3. The van der Waals surface area contributed by atoms with E-state index in [4.69, 9.17) is 0 Å². The molecule has 0 aliphatic heterocycles. The molecular weight excluding hydrogens is 315 g/mol. The van der Waals surface area contributed by atoms with E-state index in [-0.39, 0.29) is 30.6 Å². The van der Waals surface area contributed by atoms with E-state index in [0.29, 0.717) is 12.5 Å². The molecule has 0 spiro atoms. The molecule has 2 N–H and O–H groups in total. The largest absolute Gasteiger partial charge is 0.416 e. The summed E-state index contributed by atoms with van der Waals surface area (Å²) in [4.78, 5) is 21.6. The molecule has 1 aromatic rings. The standard InChI is InChI=1S/C14H18F3N3O3/c1-3-9(2)13(21)19-7-6-18-11-5-4-10(14(15,16)17)8-12(11)20(22)23/h4-5,8-9,18H,3,6-7H2,1-2H3,(H,19,21)/t9-/m1/s1. The fourth-order valence-corrected chi connectivity index (χ4v) is 1.75. The lowest BCUT2D eigenvalue weighted by molar-refractivity contribution is -0.384. The van der Waals surface area contributed by atoms with Crippen LogP contribution in [0.3, 0.4) is 0 Å². The molecule has 23 heavy (non-hydrogen) atoms. The molecule has 0 aliphatic carbocycles. The Morgan fingerprint density at radius 2 is 2.00 bits per heavy atom. The molecule has 1 rings (SSSR count). The summed E-state index contributed by atoms with van der Waals surface area (Å²) in [6.45, 7) is 4.01. The number of carbonyl (C=O) groups excluding carboxylic acids is 1. The third-order valence-electron chi connectivity index (χ3n) is 3.32. The lowest BCUT2D eigenvalue weighted by atomic mass is 10.1. The van der Waals surface area contributed by atoms with Gasteiger partial charge in [-0.05, 0) is 18.6 Å². The van der Waals surface area contributed by atoms with Crippen LogP contribution >= 0.6 is 0 Å². The van der Waals surface area contributed by atoms with Crippen molar-refractivity contribution in [2.45, 2.75) is 26.4 Å². The molecule has 0 unspecified atom stereocenters. The van der Waals surface area contributed by atoms with Crippen molar-refractivity contribution in [3.63, 3.8) is 0 Å². The SMILES string of the molecule is CC[C@@H](C)C(=O)NCCNc1ccc(C(F)(F)F)cc1[N+](=O)[O-]. The Morgan fingerprint density at radius 3 is 2.52 bits per heavy atom. The summed E-state index contributed by atoms with van der Waals surface area (Å²) in [5.41, 5.74) is -1.77. The van der Waals surface area contributed by atoms with Gasteiger partial charge in [-0.15, -0.1) is 0 Å². The summed E-state index contributed by atoms with van der Waals surface area (Å²) in [6, 6.07) is 2.27. The highest BCUT2D eigenvalue weighted by Gasteiger charge is 2.32. The Hall–Kier alpha value is -2.32. The van der Waals surface area contributed by atoms with E-state index in [2.05, 4.69) is 10.6 Å². The van der Waals surface area contributed by atoms with Crippen LogP contribution in [0.4, 0.5) is 24.5 Å². The highest BCUT2D eigenvalue weighted by Crippen LogP contribution is 2.34. The van der Waals surface area contributed by atoms with Crippen LogP contribution < -0.4 is 10.6 Å². The van der Waals surface area contributed by atoms with Gasteiger partial charge in [0.2, 0.25) is 5.91 Å². The summed E-state index contributed by atoms with van der Waals surface area (Å²) in [6.07, 6.45) is -3.96. The van der Waals surface area contributed by atoms with E-state index < -0.39 is 22.4 Å². The van der Waals surface area contributed by atoms with E-state index in [0.717, 1.165) is 12.1 Å². The van der Waals surface area contributed by atoms with Gasteiger partial charge in [0.25, 0.3) is 5.69 Å². The molecule has 0 radical (unpaired) electrons. The Kier molecular flexibility index (Phi) is 6.35. The average molecular weight is 333 g/mol. The molecule has 128 valence electrons. The maximum atomic E-state index is 12.6. The first-order chi connectivity index (χ1) is 10.7. The third-order valence-corrected chi connectivity index (χ3v) is 3.32. The molecule has 0 aromatic heterocycles. The number of hydrogen-bond acceptors (Lipinski definition) is 4. The van der Waals surface area contributed by atoms with Gasteiger partial charge < -0.3 is 10.6 Å². The molecule has 0 saturated carbocycles. The molecule has 6 nitrogen and oxygen atoms in total. The maximum Gasteiger partial charge on any atom is 0.416 e. The molecular formula is C14H18F3N3O3. The second-order valence-electron chi connectivity index (χ2n) is 5.01. The average Bonchev–Trinajstić information content (AvgIpc) is 2.49. The highest BCUT2D eigenvalue weighted by atomic mass is 19.4. The third kappa shape index (κ3) is 5.42. The van der Waals surface area contributed by atoms with Crippen molar-refractivity contribution < 1.29 is 22.9 Å². The Labute approximate surface area is 131 Å². The smallest absolute Gasteiger partial charge is 0.378 e. The quantitative estimate of drug-likeness (QED) is 0.456. The van der Waals surface area contributed by atoms with Crippen LogP contribution in [0, 0.1) is 16.0 Å². The van der Waals surface area contributed by atoms with Crippen molar-refractivity contribution in [2.24, 2.45) is 5.92 Å². The van der Waals surface area contributed by atoms with Crippen LogP contribution in [0.5, 0.6) is 0 Å². The number of nitro benzene ring substituents is 1. The van der Waals surface area contributed by atoms with E-state index in [1.54, 1.807) is 6.92 Å². The first-order valence-corrected chi connectivity index (χ1v) is 7.04. The number of nitro groups is 1. The molecule has 0 bridgehead atoms. The normalized spacial score (nSPS) is 12.6. The first-order valence-electron chi connectivity index (χ1n) is 7.04. The van der Waals surface area contributed by atoms with Gasteiger partial charge in [-0.1, -0.05) is 13.8 Å². The van der Waals surface area contributed by atoms with Crippen molar-refractivity contribution in [3.8, 4) is 0 Å². The van der Waals surface area contributed by atoms with Crippen molar-refractivity contribution in [2.75, 3.05) is 18.4 Å². The highest BCUT2D eigenvalue weighted by molar-refractivity contribution is 5.78. The van der Waals surface area contributed by atoms with Gasteiger partial charge in [-0.25, -0.2) is 0 Å². The number of anilines is 1. The number of carbonyl (C=O) groups is 1. The predicted molar refractivity (Wildman–Crippen MR) is 79.1 cm³/mol. The summed E-state index contributed by atoms with van der Waals surface area (Å²) in [5, 5.41) is 16.2. The Balaban J connectivity index is 2.70. The number of hydrogen-bond donors (Lipinski definition) is 2. The molecule has 1 amide bonds. The summed E-state index contributed by atoms with van der Waals surface area (Å²) in [7, 11) is 0. The maximum absolute atomic E-state index is 12.6. The van der Waals surface area contributed by atoms with E-state index in [9.17, 15) is 28.1 Å². The number of benzene rings is 1. The zero-order valence-electron chi connectivity index (χ0n) is 12.7. The van der Waals surface area contributed by atoms with Crippen LogP contribution in [0.15, 0.2) is 18.2 Å². The van der Waals surface area contributed by atoms with E-state index in [1.807, 2.05) is 6.92 Å². The van der Waals surface area contributed by atoms with E-state index >= 15 is 0 Å². The first kappa shape index (κ1) is 18.7. The second-order valence-corrected chi connectivity index (χ2v) is 5.01. The van der Waals surface area contributed by atoms with Gasteiger partial charge in [0.15, 0.2) is 0 Å². The fraction of sp³-hybridized carbons (Fsp3) is 0.500. The van der Waals surface area contributed by atoms with Crippen LogP contribution in [-0.4, -0.2) is 23.9 Å². The minimum atomic E-state index is -4.65. The van der Waals surface area contributed by atoms with Gasteiger partial charge in [0.05, 0.1) is 10.5 Å². The topological polar surface area (TPSA) is 84.3 Å². The van der Waals surface area contributed by atoms with Gasteiger partial charge >= 0.3 is 6.18 Å². The number of alkyl halides is 3. The minimum absolute atomic E-state index is 0.0270. The van der Waals surface area contributed by atoms with Crippen molar-refractivity contribution >= 4 is 17.3 Å². The molecule has 0 heterocycles. The molecule has 1 atom stereocenters. The summed E-state index contributed by atoms with van der Waals surface area (Å²) in [5.74, 6) is -0.286. The fourth-order valence-electron chi connectivity index (χ4n) is 1.75. The molecule has 1 aromatic carbocycles. The van der Waals surface area contributed by atoms with Crippen LogP contribution in [0.2, 0.25) is 0 Å². The number of nitrogens with one attached hydrogen (secondary N) is 2. The molecule has 9 heteroatoms. The lowest BCUT2D eigenvalue weighted by Gasteiger charge is -2.12. The van der Waals surface area contributed by atoms with Crippen LogP contribution in [0.25, 0.3) is 0 Å². The van der Waals surface area contributed by atoms with Gasteiger partial charge in [0.1, 0.15) is 5.69 Å². The molecule has 0 aliphatic rings. The summed E-state index contributed by atoms with van der Waals surface area (Å²) >= 11 is 0. The lowest BCUT2D eigenvalue weighted by Crippen LogP contribution is -2.32. The van der Waals surface area contributed by atoms with Gasteiger partial charge in [-0.2, -0.15) is 13.2 Å². The van der Waals surface area contributed by atoms with E-state index in [1.165, 1.54) is 0 Å². The number of rotatable bonds is 7. The van der Waals surface area contributed by atoms with Crippen molar-refractivity contribution in [3.05, 3.63) is 33.9 Å². The zero-order valence-corrected chi connectivity index (χ0v) is 12.7. The van der Waals surface area contributed by atoms with Gasteiger partial charge in [-0.3, -0.25) is 14.9 Å². The van der Waals surface area contributed by atoms with Crippen molar-refractivity contribution in [1.29, 1.82) is 0 Å². The Bertz CT molecular complexity index is 576. The number of nitrogens with zero attached hydrogens (tertiary/aromatic N) is 1. The van der Waals surface area contributed by atoms with Gasteiger partial charge in [0, 0.05) is 25.1 Å². The Morgan fingerprint density at radius 1 is 1.35 bits per heavy atom. The predicted octanol–water partition coefficient (Wildman–Crippen LogP) is 3.19. The van der Waals surface area contributed by atoms with Crippen LogP contribution in [0.1, 0.15) is 25.8 Å². The monoisotopic (exact) mass is 333 g/mol. The molecule has 0 saturated heterocycles. The zero-order chi connectivity index (χ0) is 17.6.